The SMILES string of the molecule is CCCC[n+]1cccc2cc3ccccc3cc21.[Br-]. The molecule has 1 heterocycles. The van der Waals surface area contributed by atoms with Crippen molar-refractivity contribution in [2.45, 2.75) is 26.3 Å². The molecule has 0 fully saturated rings. The molecular weight excluding hydrogens is 298 g/mol. The average molecular weight is 316 g/mol. The molecule has 3 aromatic rings. The summed E-state index contributed by atoms with van der Waals surface area (Å²) in [7, 11) is 0. The van der Waals surface area contributed by atoms with Crippen LogP contribution < -0.4 is 21.5 Å². The fraction of sp³-hybridized carbons (Fsp3) is 0.235. The van der Waals surface area contributed by atoms with Crippen molar-refractivity contribution in [2.75, 3.05) is 0 Å². The molecule has 0 amide bonds. The first-order valence-corrected chi connectivity index (χ1v) is 6.69. The van der Waals surface area contributed by atoms with Crippen molar-refractivity contribution in [3.05, 3.63) is 54.7 Å². The van der Waals surface area contributed by atoms with E-state index in [2.05, 4.69) is 66.2 Å². The van der Waals surface area contributed by atoms with Crippen molar-refractivity contribution in [1.82, 2.24) is 0 Å². The van der Waals surface area contributed by atoms with E-state index in [-0.39, 0.29) is 17.0 Å². The van der Waals surface area contributed by atoms with E-state index in [1.54, 1.807) is 0 Å². The molecule has 0 saturated heterocycles. The number of hydrogen-bond donors (Lipinski definition) is 0. The van der Waals surface area contributed by atoms with E-state index in [1.165, 1.54) is 34.5 Å². The van der Waals surface area contributed by atoms with E-state index in [1.807, 2.05) is 0 Å². The summed E-state index contributed by atoms with van der Waals surface area (Å²) in [6.07, 6.45) is 4.65. The summed E-state index contributed by atoms with van der Waals surface area (Å²) in [5, 5.41) is 3.96. The van der Waals surface area contributed by atoms with Gasteiger partial charge in [-0.1, -0.05) is 37.6 Å². The van der Waals surface area contributed by atoms with Crippen molar-refractivity contribution in [3.63, 3.8) is 0 Å². The lowest BCUT2D eigenvalue weighted by Crippen LogP contribution is -3.00. The molecule has 0 aliphatic heterocycles. The molecule has 0 saturated carbocycles. The molecule has 0 unspecified atom stereocenters. The largest absolute Gasteiger partial charge is 1.00 e. The van der Waals surface area contributed by atoms with E-state index < -0.39 is 0 Å². The van der Waals surface area contributed by atoms with E-state index in [0.29, 0.717) is 0 Å². The predicted molar refractivity (Wildman–Crippen MR) is 76.6 cm³/mol. The van der Waals surface area contributed by atoms with Crippen LogP contribution in [0.5, 0.6) is 0 Å². The smallest absolute Gasteiger partial charge is 0.213 e. The van der Waals surface area contributed by atoms with Crippen LogP contribution >= 0.6 is 0 Å². The standard InChI is InChI=1S/C17H18N.BrH/c1-2-3-10-18-11-6-9-16-12-14-7-4-5-8-15(14)13-17(16)18;/h4-9,11-13H,2-3,10H2,1H3;1H/q+1;/p-1. The summed E-state index contributed by atoms with van der Waals surface area (Å²) in [5.41, 5.74) is 1.34. The second kappa shape index (κ2) is 6.16. The van der Waals surface area contributed by atoms with Gasteiger partial charge >= 0.3 is 0 Å². The van der Waals surface area contributed by atoms with Crippen LogP contribution in [0.25, 0.3) is 21.7 Å². The number of aryl methyl sites for hydroxylation is 1. The number of aromatic nitrogens is 1. The molecular formula is C17H18BrN. The highest BCUT2D eigenvalue weighted by Crippen LogP contribution is 2.20. The zero-order chi connectivity index (χ0) is 12.4. The fourth-order valence-electron chi connectivity index (χ4n) is 2.48. The zero-order valence-corrected chi connectivity index (χ0v) is 12.7. The zero-order valence-electron chi connectivity index (χ0n) is 11.1. The summed E-state index contributed by atoms with van der Waals surface area (Å²) >= 11 is 0. The van der Waals surface area contributed by atoms with E-state index >= 15 is 0 Å². The molecule has 0 radical (unpaired) electrons. The first-order valence-electron chi connectivity index (χ1n) is 6.69. The molecule has 0 aliphatic rings. The lowest BCUT2D eigenvalue weighted by atomic mass is 10.1. The van der Waals surface area contributed by atoms with Gasteiger partial charge in [0.1, 0.15) is 6.54 Å². The molecule has 0 atom stereocenters. The highest BCUT2D eigenvalue weighted by atomic mass is 79.9. The third-order valence-corrected chi connectivity index (χ3v) is 3.50. The summed E-state index contributed by atoms with van der Waals surface area (Å²) in [6, 6.07) is 17.5. The summed E-state index contributed by atoms with van der Waals surface area (Å²) in [6.45, 7) is 3.34. The molecule has 19 heavy (non-hydrogen) atoms. The van der Waals surface area contributed by atoms with Gasteiger partial charge in [-0.15, -0.1) is 0 Å². The van der Waals surface area contributed by atoms with Crippen molar-refractivity contribution in [2.24, 2.45) is 0 Å². The lowest BCUT2D eigenvalue weighted by molar-refractivity contribution is -0.671. The predicted octanol–water partition coefficient (Wildman–Crippen LogP) is 1.08. The van der Waals surface area contributed by atoms with Crippen molar-refractivity contribution in [1.29, 1.82) is 0 Å². The van der Waals surface area contributed by atoms with Crippen LogP contribution in [0.1, 0.15) is 19.8 Å². The Labute approximate surface area is 124 Å². The van der Waals surface area contributed by atoms with Crippen molar-refractivity contribution < 1.29 is 21.5 Å². The maximum absolute atomic E-state index is 2.37. The highest BCUT2D eigenvalue weighted by molar-refractivity contribution is 5.95. The number of hydrogen-bond acceptors (Lipinski definition) is 0. The van der Waals surface area contributed by atoms with Gasteiger partial charge in [0, 0.05) is 23.9 Å². The first kappa shape index (κ1) is 14.0. The lowest BCUT2D eigenvalue weighted by Gasteiger charge is -2.03. The van der Waals surface area contributed by atoms with Crippen molar-refractivity contribution in [3.8, 4) is 0 Å². The van der Waals surface area contributed by atoms with Gasteiger partial charge in [-0.25, -0.2) is 0 Å². The Morgan fingerprint density at radius 1 is 0.895 bits per heavy atom. The van der Waals surface area contributed by atoms with Gasteiger partial charge in [0.15, 0.2) is 6.20 Å². The van der Waals surface area contributed by atoms with Crippen molar-refractivity contribution >= 4 is 21.7 Å². The number of pyridine rings is 1. The van der Waals surface area contributed by atoms with Crippen LogP contribution in [-0.4, -0.2) is 0 Å². The second-order valence-electron chi connectivity index (χ2n) is 4.81. The molecule has 0 aliphatic carbocycles. The minimum atomic E-state index is 0. The Hall–Kier alpha value is -1.41. The quantitative estimate of drug-likeness (QED) is 0.503. The number of nitrogens with zero attached hydrogens (tertiary/aromatic N) is 1. The Morgan fingerprint density at radius 2 is 1.58 bits per heavy atom. The molecule has 1 aromatic heterocycles. The molecule has 0 spiro atoms. The molecule has 0 bridgehead atoms. The number of fused-ring (bicyclic) bond motifs is 2. The fourth-order valence-corrected chi connectivity index (χ4v) is 2.48. The van der Waals surface area contributed by atoms with Gasteiger partial charge in [0.2, 0.25) is 5.52 Å². The van der Waals surface area contributed by atoms with Crippen LogP contribution in [0.2, 0.25) is 0 Å². The van der Waals surface area contributed by atoms with Crippen LogP contribution in [0.15, 0.2) is 54.7 Å². The first-order chi connectivity index (χ1) is 8.88. The monoisotopic (exact) mass is 315 g/mol. The van der Waals surface area contributed by atoms with Gasteiger partial charge in [0.05, 0.1) is 0 Å². The van der Waals surface area contributed by atoms with Crippen LogP contribution in [0.4, 0.5) is 0 Å². The molecule has 3 rings (SSSR count). The number of rotatable bonds is 3. The van der Waals surface area contributed by atoms with Gasteiger partial charge in [-0.05, 0) is 22.9 Å². The van der Waals surface area contributed by atoms with Crippen LogP contribution in [-0.2, 0) is 6.54 Å². The maximum Gasteiger partial charge on any atom is 0.213 e. The van der Waals surface area contributed by atoms with E-state index in [4.69, 9.17) is 0 Å². The Bertz CT molecular complexity index is 691. The highest BCUT2D eigenvalue weighted by Gasteiger charge is 2.08. The molecule has 1 nitrogen and oxygen atoms in total. The maximum atomic E-state index is 2.37. The average Bonchev–Trinajstić information content (AvgIpc) is 2.43. The summed E-state index contributed by atoms with van der Waals surface area (Å²) in [5.74, 6) is 0. The van der Waals surface area contributed by atoms with E-state index in [0.717, 1.165) is 6.54 Å². The van der Waals surface area contributed by atoms with Gasteiger partial charge < -0.3 is 17.0 Å². The summed E-state index contributed by atoms with van der Waals surface area (Å²) < 4.78 is 2.37. The molecule has 98 valence electrons. The van der Waals surface area contributed by atoms with Crippen LogP contribution in [0, 0.1) is 0 Å². The third-order valence-electron chi connectivity index (χ3n) is 3.50. The van der Waals surface area contributed by atoms with Crippen LogP contribution in [0.3, 0.4) is 0 Å². The van der Waals surface area contributed by atoms with Gasteiger partial charge in [-0.2, -0.15) is 4.57 Å². The molecule has 0 N–H and O–H groups in total. The summed E-state index contributed by atoms with van der Waals surface area (Å²) in [4.78, 5) is 0. The topological polar surface area (TPSA) is 3.88 Å². The minimum absolute atomic E-state index is 0. The Morgan fingerprint density at radius 3 is 2.32 bits per heavy atom. The normalized spacial score (nSPS) is 10.6. The molecule has 2 heteroatoms. The number of unbranched alkanes of at least 4 members (excludes halogenated alkanes) is 1. The van der Waals surface area contributed by atoms with Gasteiger partial charge in [0.25, 0.3) is 0 Å². The molecule has 2 aromatic carbocycles. The Balaban J connectivity index is 0.00000133. The number of benzene rings is 2. The minimum Gasteiger partial charge on any atom is -1.00 e. The van der Waals surface area contributed by atoms with E-state index in [9.17, 15) is 0 Å². The van der Waals surface area contributed by atoms with Gasteiger partial charge in [-0.3, -0.25) is 0 Å². The Kier molecular flexibility index (Phi) is 4.54. The third kappa shape index (κ3) is 2.79. The number of halogens is 1. The second-order valence-corrected chi connectivity index (χ2v) is 4.81.